The van der Waals surface area contributed by atoms with Crippen LogP contribution in [0.1, 0.15) is 42.5 Å². The van der Waals surface area contributed by atoms with E-state index in [1.54, 1.807) is 0 Å². The lowest BCUT2D eigenvalue weighted by Crippen LogP contribution is -2.37. The summed E-state index contributed by atoms with van der Waals surface area (Å²) < 4.78 is 0. The van der Waals surface area contributed by atoms with E-state index in [9.17, 15) is 0 Å². The van der Waals surface area contributed by atoms with Gasteiger partial charge >= 0.3 is 0 Å². The lowest BCUT2D eigenvalue weighted by atomic mass is 9.92. The zero-order chi connectivity index (χ0) is 25.1. The van der Waals surface area contributed by atoms with Crippen LogP contribution in [0.25, 0.3) is 0 Å². The summed E-state index contributed by atoms with van der Waals surface area (Å²) in [7, 11) is 0. The van der Waals surface area contributed by atoms with Crippen LogP contribution in [0.15, 0.2) is 143 Å². The number of nitrogens with one attached hydrogen (secondary N) is 2. The fourth-order valence-corrected chi connectivity index (χ4v) is 4.77. The van der Waals surface area contributed by atoms with E-state index < -0.39 is 0 Å². The minimum absolute atomic E-state index is 0.0663. The Bertz CT molecular complexity index is 1190. The zero-order valence-corrected chi connectivity index (χ0v) is 21.1. The van der Waals surface area contributed by atoms with Crippen LogP contribution < -0.4 is 10.6 Å². The second kappa shape index (κ2) is 12.7. The summed E-state index contributed by atoms with van der Waals surface area (Å²) in [4.78, 5) is 10.00. The summed E-state index contributed by atoms with van der Waals surface area (Å²) in [5.41, 5.74) is 6.43. The van der Waals surface area contributed by atoms with Crippen molar-refractivity contribution in [1.29, 1.82) is 0 Å². The van der Waals surface area contributed by atoms with Gasteiger partial charge in [0.1, 0.15) is 0 Å². The molecule has 1 aliphatic heterocycles. The van der Waals surface area contributed by atoms with Crippen LogP contribution in [0, 0.1) is 0 Å². The summed E-state index contributed by atoms with van der Waals surface area (Å²) >= 11 is 0. The van der Waals surface area contributed by atoms with Crippen molar-refractivity contribution >= 4 is 11.4 Å². The Morgan fingerprint density at radius 3 is 1.43 bits per heavy atom. The van der Waals surface area contributed by atoms with E-state index >= 15 is 0 Å². The highest BCUT2D eigenvalue weighted by Gasteiger charge is 2.28. The van der Waals surface area contributed by atoms with Gasteiger partial charge in [-0.3, -0.25) is 9.98 Å². The predicted molar refractivity (Wildman–Crippen MR) is 156 cm³/mol. The zero-order valence-electron chi connectivity index (χ0n) is 21.1. The first-order valence-electron chi connectivity index (χ1n) is 13.2. The van der Waals surface area contributed by atoms with Crippen LogP contribution in [0.3, 0.4) is 0 Å². The lowest BCUT2D eigenvalue weighted by molar-refractivity contribution is 0.448. The lowest BCUT2D eigenvalue weighted by Gasteiger charge is -2.33. The number of hydrogen-bond acceptors (Lipinski definition) is 4. The van der Waals surface area contributed by atoms with Gasteiger partial charge in [0.15, 0.2) is 0 Å². The molecule has 37 heavy (non-hydrogen) atoms. The maximum Gasteiger partial charge on any atom is 0.0805 e. The topological polar surface area (TPSA) is 48.8 Å². The molecule has 0 amide bonds. The van der Waals surface area contributed by atoms with Crippen LogP contribution in [-0.2, 0) is 0 Å². The van der Waals surface area contributed by atoms with Gasteiger partial charge < -0.3 is 10.6 Å². The van der Waals surface area contributed by atoms with Crippen LogP contribution in [0.4, 0.5) is 0 Å². The minimum atomic E-state index is -0.0663. The van der Waals surface area contributed by atoms with Crippen molar-refractivity contribution in [3.63, 3.8) is 0 Å². The molecule has 2 aromatic rings. The van der Waals surface area contributed by atoms with Crippen molar-refractivity contribution in [2.75, 3.05) is 13.1 Å². The molecule has 186 valence electrons. The van der Waals surface area contributed by atoms with Crippen molar-refractivity contribution in [2.24, 2.45) is 9.98 Å². The number of benzene rings is 2. The largest absolute Gasteiger partial charge is 0.374 e. The summed E-state index contributed by atoms with van der Waals surface area (Å²) in [5.74, 6) is 0. The molecule has 3 aliphatic rings. The maximum absolute atomic E-state index is 5.00. The standard InChI is InChI=1S/C33H34N4/c1-6-16-26(17-7-1)32-33(27-18-8-2-9-19-27)37-31-23-13-4-11-21-29(31)35-25-15-5-14-24-34-28-20-10-3-12-22-30(28)36-32/h1-4,6-13,16-23,32-33,36-37H,5,14-15,24-25H2/t32-,33-/m1/s1. The molecule has 0 saturated carbocycles. The van der Waals surface area contributed by atoms with Gasteiger partial charge in [-0.15, -0.1) is 0 Å². The highest BCUT2D eigenvalue weighted by atomic mass is 15.1. The van der Waals surface area contributed by atoms with Crippen molar-refractivity contribution in [1.82, 2.24) is 10.6 Å². The molecule has 2 aliphatic carbocycles. The molecule has 0 saturated heterocycles. The molecule has 2 atom stereocenters. The van der Waals surface area contributed by atoms with Crippen LogP contribution in [-0.4, -0.2) is 24.5 Å². The second-order valence-electron chi connectivity index (χ2n) is 9.31. The van der Waals surface area contributed by atoms with E-state index in [0.29, 0.717) is 0 Å². The van der Waals surface area contributed by atoms with E-state index in [0.717, 1.165) is 55.2 Å². The number of hydrogen-bond donors (Lipinski definition) is 2. The Labute approximate surface area is 220 Å². The van der Waals surface area contributed by atoms with Gasteiger partial charge in [0, 0.05) is 13.1 Å². The summed E-state index contributed by atoms with van der Waals surface area (Å²) in [6, 6.07) is 21.2. The van der Waals surface area contributed by atoms with E-state index in [1.807, 2.05) is 0 Å². The van der Waals surface area contributed by atoms with Crippen molar-refractivity contribution in [2.45, 2.75) is 31.3 Å². The van der Waals surface area contributed by atoms with Crippen LogP contribution >= 0.6 is 0 Å². The highest BCUT2D eigenvalue weighted by Crippen LogP contribution is 2.32. The highest BCUT2D eigenvalue weighted by molar-refractivity contribution is 6.09. The number of aliphatic imine (C=N–C) groups is 2. The Hall–Kier alpha value is -4.18. The second-order valence-corrected chi connectivity index (χ2v) is 9.31. The fourth-order valence-electron chi connectivity index (χ4n) is 4.77. The van der Waals surface area contributed by atoms with Gasteiger partial charge in [0.25, 0.3) is 0 Å². The smallest absolute Gasteiger partial charge is 0.0805 e. The first kappa shape index (κ1) is 24.5. The van der Waals surface area contributed by atoms with Gasteiger partial charge in [0.2, 0.25) is 0 Å². The van der Waals surface area contributed by atoms with Crippen molar-refractivity contribution < 1.29 is 0 Å². The van der Waals surface area contributed by atoms with E-state index in [1.165, 1.54) is 11.1 Å². The fraction of sp³-hybridized carbons (Fsp3) is 0.212. The predicted octanol–water partition coefficient (Wildman–Crippen LogP) is 6.73. The normalized spacial score (nSPS) is 22.2. The average Bonchev–Trinajstić information content (AvgIpc) is 3.31. The van der Waals surface area contributed by atoms with Gasteiger partial charge in [-0.05, 0) is 54.7 Å². The summed E-state index contributed by atoms with van der Waals surface area (Å²) in [6.07, 6.45) is 24.1. The molecular formula is C33H34N4. The summed E-state index contributed by atoms with van der Waals surface area (Å²) in [6.45, 7) is 1.61. The first-order valence-corrected chi connectivity index (χ1v) is 13.2. The maximum atomic E-state index is 5.00. The quantitative estimate of drug-likeness (QED) is 0.494. The Kier molecular flexibility index (Phi) is 8.40. The Balaban J connectivity index is 1.64. The van der Waals surface area contributed by atoms with Crippen LogP contribution in [0.5, 0.6) is 0 Å². The molecule has 0 bridgehead atoms. The van der Waals surface area contributed by atoms with Gasteiger partial charge in [-0.2, -0.15) is 0 Å². The SMILES string of the molecule is C1=CC=C2N[C@H](c3ccccc3)[C@@H](c3ccccc3)NC3=CC=CC=CC3=NCCCCCN=C2C=C1. The Morgan fingerprint density at radius 1 is 0.514 bits per heavy atom. The molecule has 0 radical (unpaired) electrons. The number of allylic oxidation sites excluding steroid dienone is 10. The summed E-state index contributed by atoms with van der Waals surface area (Å²) in [5, 5.41) is 7.81. The minimum Gasteiger partial charge on any atom is -0.374 e. The van der Waals surface area contributed by atoms with Crippen LogP contribution in [0.2, 0.25) is 0 Å². The third kappa shape index (κ3) is 6.53. The van der Waals surface area contributed by atoms with E-state index in [2.05, 4.69) is 132 Å². The molecule has 2 aromatic carbocycles. The number of nitrogens with zero attached hydrogens (tertiary/aromatic N) is 2. The number of fused-ring (bicyclic) bond motifs is 2. The molecule has 4 nitrogen and oxygen atoms in total. The molecular weight excluding hydrogens is 452 g/mol. The third-order valence-electron chi connectivity index (χ3n) is 6.68. The first-order chi connectivity index (χ1) is 18.4. The van der Waals surface area contributed by atoms with Gasteiger partial charge in [-0.1, -0.05) is 97.1 Å². The van der Waals surface area contributed by atoms with Crippen molar-refractivity contribution in [3.05, 3.63) is 144 Å². The molecule has 2 N–H and O–H groups in total. The third-order valence-corrected chi connectivity index (χ3v) is 6.68. The molecule has 1 heterocycles. The van der Waals surface area contributed by atoms with E-state index in [-0.39, 0.29) is 12.1 Å². The van der Waals surface area contributed by atoms with Gasteiger partial charge in [-0.25, -0.2) is 0 Å². The van der Waals surface area contributed by atoms with Gasteiger partial charge in [0.05, 0.1) is 34.9 Å². The molecule has 4 heteroatoms. The average molecular weight is 487 g/mol. The van der Waals surface area contributed by atoms with Crippen molar-refractivity contribution in [3.8, 4) is 0 Å². The molecule has 5 rings (SSSR count). The molecule has 0 aromatic heterocycles. The molecule has 0 unspecified atom stereocenters. The number of rotatable bonds is 2. The molecule has 0 spiro atoms. The van der Waals surface area contributed by atoms with E-state index in [4.69, 9.17) is 9.98 Å². The monoisotopic (exact) mass is 486 g/mol. The Morgan fingerprint density at radius 2 is 0.973 bits per heavy atom. The molecule has 0 fully saturated rings.